The second-order valence-electron chi connectivity index (χ2n) is 5.65. The Morgan fingerprint density at radius 1 is 1.30 bits per heavy atom. The molecule has 2 atom stereocenters. The number of hydrogen-bond donors (Lipinski definition) is 2. The average Bonchev–Trinajstić information content (AvgIpc) is 2.86. The van der Waals surface area contributed by atoms with Crippen LogP contribution in [0.25, 0.3) is 0 Å². The Bertz CT molecular complexity index is 562. The number of carbonyl (C=O) groups is 2. The third-order valence-electron chi connectivity index (χ3n) is 4.37. The Balaban J connectivity index is 1.64. The number of halogens is 1. The van der Waals surface area contributed by atoms with Gasteiger partial charge in [-0.2, -0.15) is 0 Å². The summed E-state index contributed by atoms with van der Waals surface area (Å²) in [6, 6.07) is 4.15. The third-order valence-corrected chi connectivity index (χ3v) is 4.37. The van der Waals surface area contributed by atoms with Gasteiger partial charge in [0.2, 0.25) is 5.91 Å². The van der Waals surface area contributed by atoms with Crippen LogP contribution < -0.4 is 5.32 Å². The van der Waals surface area contributed by atoms with E-state index >= 15 is 0 Å². The van der Waals surface area contributed by atoms with Crippen LogP contribution in [-0.2, 0) is 16.0 Å². The van der Waals surface area contributed by atoms with Crippen LogP contribution in [0.2, 0.25) is 0 Å². The number of carbonyl (C=O) groups excluding carboxylic acids is 1. The lowest BCUT2D eigenvalue weighted by Crippen LogP contribution is -2.16. The molecule has 2 saturated carbocycles. The maximum atomic E-state index is 13.7. The first-order chi connectivity index (χ1) is 9.56. The van der Waals surface area contributed by atoms with E-state index in [-0.39, 0.29) is 23.8 Å². The fourth-order valence-electron chi connectivity index (χ4n) is 3.37. The van der Waals surface area contributed by atoms with Gasteiger partial charge in [-0.3, -0.25) is 9.59 Å². The van der Waals surface area contributed by atoms with Gasteiger partial charge in [-0.25, -0.2) is 4.39 Å². The third kappa shape index (κ3) is 2.40. The number of fused-ring (bicyclic) bond motifs is 1. The lowest BCUT2D eigenvalue weighted by molar-refractivity contribution is -0.136. The summed E-state index contributed by atoms with van der Waals surface area (Å²) in [7, 11) is 0. The van der Waals surface area contributed by atoms with Gasteiger partial charge < -0.3 is 10.4 Å². The second-order valence-corrected chi connectivity index (χ2v) is 5.65. The molecule has 2 aliphatic carbocycles. The predicted molar refractivity (Wildman–Crippen MR) is 70.7 cm³/mol. The van der Waals surface area contributed by atoms with Crippen molar-refractivity contribution in [1.82, 2.24) is 0 Å². The summed E-state index contributed by atoms with van der Waals surface area (Å²) in [5, 5.41) is 11.4. The van der Waals surface area contributed by atoms with Crippen LogP contribution in [0.15, 0.2) is 18.2 Å². The smallest absolute Gasteiger partial charge is 0.307 e. The number of carboxylic acids is 1. The molecular formula is C15H16FNO3. The SMILES string of the molecule is O=C(O)Cc1ccc(NC(=O)C2C3CCCC32)cc1F. The van der Waals surface area contributed by atoms with Crippen LogP contribution in [0.4, 0.5) is 10.1 Å². The quantitative estimate of drug-likeness (QED) is 0.888. The minimum atomic E-state index is -1.08. The molecule has 0 aromatic heterocycles. The highest BCUT2D eigenvalue weighted by Gasteiger charge is 2.56. The van der Waals surface area contributed by atoms with Gasteiger partial charge in [0, 0.05) is 11.6 Å². The van der Waals surface area contributed by atoms with Gasteiger partial charge in [0.1, 0.15) is 5.82 Å². The van der Waals surface area contributed by atoms with Crippen molar-refractivity contribution in [2.24, 2.45) is 17.8 Å². The molecule has 1 aromatic rings. The number of amides is 1. The Morgan fingerprint density at radius 3 is 2.60 bits per heavy atom. The summed E-state index contributed by atoms with van der Waals surface area (Å²) >= 11 is 0. The molecule has 2 N–H and O–H groups in total. The Labute approximate surface area is 116 Å². The van der Waals surface area contributed by atoms with E-state index in [2.05, 4.69) is 5.32 Å². The molecule has 0 saturated heterocycles. The molecule has 20 heavy (non-hydrogen) atoms. The molecule has 1 aromatic carbocycles. The van der Waals surface area contributed by atoms with E-state index in [0.717, 1.165) is 12.8 Å². The maximum absolute atomic E-state index is 13.7. The molecule has 1 amide bonds. The normalized spacial score (nSPS) is 26.9. The summed E-state index contributed by atoms with van der Waals surface area (Å²) in [5.41, 5.74) is 0.519. The Hall–Kier alpha value is -1.91. The number of benzene rings is 1. The molecule has 0 spiro atoms. The standard InChI is InChI=1S/C15H16FNO3/c16-12-7-9(5-4-8(12)6-13(18)19)17-15(20)14-10-2-1-3-11(10)14/h4-5,7,10-11,14H,1-3,6H2,(H,17,20)(H,18,19). The first kappa shape index (κ1) is 13.1. The fraction of sp³-hybridized carbons (Fsp3) is 0.467. The van der Waals surface area contributed by atoms with Crippen molar-refractivity contribution in [1.29, 1.82) is 0 Å². The summed E-state index contributed by atoms with van der Waals surface area (Å²) in [6.07, 6.45) is 3.09. The van der Waals surface area contributed by atoms with Crippen molar-refractivity contribution in [2.45, 2.75) is 25.7 Å². The van der Waals surface area contributed by atoms with Gasteiger partial charge >= 0.3 is 5.97 Å². The molecule has 106 valence electrons. The van der Waals surface area contributed by atoms with E-state index in [1.807, 2.05) is 0 Å². The minimum absolute atomic E-state index is 0.0370. The second kappa shape index (κ2) is 4.89. The van der Waals surface area contributed by atoms with E-state index < -0.39 is 11.8 Å². The highest BCUT2D eigenvalue weighted by atomic mass is 19.1. The van der Waals surface area contributed by atoms with Crippen molar-refractivity contribution >= 4 is 17.6 Å². The largest absolute Gasteiger partial charge is 0.481 e. The zero-order chi connectivity index (χ0) is 14.3. The molecule has 0 radical (unpaired) electrons. The molecule has 0 aliphatic heterocycles. The predicted octanol–water partition coefficient (Wildman–Crippen LogP) is 2.44. The van der Waals surface area contributed by atoms with Gasteiger partial charge in [0.25, 0.3) is 0 Å². The average molecular weight is 277 g/mol. The molecule has 3 rings (SSSR count). The van der Waals surface area contributed by atoms with E-state index in [1.165, 1.54) is 18.6 Å². The zero-order valence-corrected chi connectivity index (χ0v) is 10.9. The van der Waals surface area contributed by atoms with Crippen LogP contribution in [0, 0.1) is 23.6 Å². The minimum Gasteiger partial charge on any atom is -0.481 e. The van der Waals surface area contributed by atoms with E-state index in [1.54, 1.807) is 6.07 Å². The van der Waals surface area contributed by atoms with E-state index in [9.17, 15) is 14.0 Å². The topological polar surface area (TPSA) is 66.4 Å². The van der Waals surface area contributed by atoms with E-state index in [4.69, 9.17) is 5.11 Å². The van der Waals surface area contributed by atoms with Crippen LogP contribution >= 0.6 is 0 Å². The summed E-state index contributed by atoms with van der Waals surface area (Å²) in [5.74, 6) is -0.583. The van der Waals surface area contributed by atoms with Gasteiger partial charge in [-0.15, -0.1) is 0 Å². The maximum Gasteiger partial charge on any atom is 0.307 e. The number of anilines is 1. The summed E-state index contributed by atoms with van der Waals surface area (Å²) in [6.45, 7) is 0. The molecule has 2 unspecified atom stereocenters. The lowest BCUT2D eigenvalue weighted by Gasteiger charge is -2.08. The van der Waals surface area contributed by atoms with E-state index in [0.29, 0.717) is 17.5 Å². The van der Waals surface area contributed by atoms with Crippen LogP contribution in [-0.4, -0.2) is 17.0 Å². The van der Waals surface area contributed by atoms with Crippen LogP contribution in [0.3, 0.4) is 0 Å². The highest BCUT2D eigenvalue weighted by Crippen LogP contribution is 2.57. The van der Waals surface area contributed by atoms with Crippen molar-refractivity contribution in [3.8, 4) is 0 Å². The molecule has 2 aliphatic rings. The van der Waals surface area contributed by atoms with Crippen molar-refractivity contribution in [3.63, 3.8) is 0 Å². The summed E-state index contributed by atoms with van der Waals surface area (Å²) < 4.78 is 13.7. The number of aliphatic carboxylic acids is 1. The van der Waals surface area contributed by atoms with Gasteiger partial charge in [-0.05, 0) is 42.4 Å². The Kier molecular flexibility index (Phi) is 3.20. The number of carboxylic acid groups (broad SMARTS) is 1. The highest BCUT2D eigenvalue weighted by molar-refractivity contribution is 5.95. The monoisotopic (exact) mass is 277 g/mol. The molecular weight excluding hydrogens is 261 g/mol. The first-order valence-corrected chi connectivity index (χ1v) is 6.87. The molecule has 5 heteroatoms. The van der Waals surface area contributed by atoms with Crippen molar-refractivity contribution in [2.75, 3.05) is 5.32 Å². The molecule has 0 heterocycles. The lowest BCUT2D eigenvalue weighted by atomic mass is 10.1. The first-order valence-electron chi connectivity index (χ1n) is 6.87. The zero-order valence-electron chi connectivity index (χ0n) is 10.9. The van der Waals surface area contributed by atoms with Crippen LogP contribution in [0.1, 0.15) is 24.8 Å². The molecule has 2 fully saturated rings. The summed E-state index contributed by atoms with van der Waals surface area (Å²) in [4.78, 5) is 22.6. The number of nitrogens with one attached hydrogen (secondary N) is 1. The Morgan fingerprint density at radius 2 is 2.00 bits per heavy atom. The molecule has 4 nitrogen and oxygen atoms in total. The molecule has 0 bridgehead atoms. The van der Waals surface area contributed by atoms with Crippen LogP contribution in [0.5, 0.6) is 0 Å². The number of rotatable bonds is 4. The van der Waals surface area contributed by atoms with Gasteiger partial charge in [0.05, 0.1) is 6.42 Å². The fourth-order valence-corrected chi connectivity index (χ4v) is 3.37. The van der Waals surface area contributed by atoms with Crippen molar-refractivity contribution < 1.29 is 19.1 Å². The number of hydrogen-bond acceptors (Lipinski definition) is 2. The van der Waals surface area contributed by atoms with Crippen molar-refractivity contribution in [3.05, 3.63) is 29.6 Å². The van der Waals surface area contributed by atoms with Gasteiger partial charge in [0.15, 0.2) is 0 Å². The van der Waals surface area contributed by atoms with Gasteiger partial charge in [-0.1, -0.05) is 12.5 Å².